The minimum Gasteiger partial charge on any atom is -0.487 e. The topological polar surface area (TPSA) is 369 Å². The van der Waals surface area contributed by atoms with Crippen molar-refractivity contribution in [3.63, 3.8) is 0 Å². The molecule has 8 heterocycles. The number of hydrogen-bond donors (Lipinski definition) is 2. The monoisotopic (exact) mass is 2010 g/mol. The van der Waals surface area contributed by atoms with Gasteiger partial charge < -0.3 is 96.2 Å². The van der Waals surface area contributed by atoms with Crippen LogP contribution in [0.4, 0.5) is 17.1 Å². The van der Waals surface area contributed by atoms with Gasteiger partial charge in [0.25, 0.3) is 10.8 Å². The molecule has 37 heteroatoms. The summed E-state index contributed by atoms with van der Waals surface area (Å²) >= 11 is 3.36. The van der Waals surface area contributed by atoms with Crippen molar-refractivity contribution >= 4 is 135 Å². The third kappa shape index (κ3) is 38.9. The summed E-state index contributed by atoms with van der Waals surface area (Å²) in [6.45, 7) is 28.9. The maximum Gasteiger partial charge on any atom is 0.335 e. The molecule has 0 saturated carbocycles. The Kier molecular flexibility index (Phi) is 54.5. The zero-order chi connectivity index (χ0) is 94.3. The summed E-state index contributed by atoms with van der Waals surface area (Å²) in [6, 6.07) is 40.7. The van der Waals surface area contributed by atoms with Gasteiger partial charge in [-0.05, 0) is 133 Å². The molecule has 0 bridgehead atoms. The first-order valence-electron chi connectivity index (χ1n) is 44.4. The van der Waals surface area contributed by atoms with Crippen molar-refractivity contribution in [1.29, 1.82) is 0 Å². The molecule has 32 nitrogen and oxygen atoms in total. The Hall–Kier alpha value is -10.5. The number of pyridine rings is 4. The van der Waals surface area contributed by atoms with Crippen molar-refractivity contribution in [3.05, 3.63) is 220 Å². The first-order valence-corrected chi connectivity index (χ1v) is 45.1. The number of hydrogen-bond acceptors (Lipinski definition) is 31. The van der Waals surface area contributed by atoms with E-state index >= 15 is 0 Å². The molecule has 0 radical (unpaired) electrons. The van der Waals surface area contributed by atoms with E-state index in [-0.39, 0.29) is 131 Å². The number of aliphatic carboxylic acids is 1. The molecule has 4 aliphatic rings. The van der Waals surface area contributed by atoms with Gasteiger partial charge in [0.05, 0.1) is 158 Å². The van der Waals surface area contributed by atoms with Gasteiger partial charge in [0.2, 0.25) is 0 Å². The van der Waals surface area contributed by atoms with Crippen LogP contribution in [-0.2, 0) is 117 Å². The third-order valence-electron chi connectivity index (χ3n) is 20.9. The standard InChI is InChI=1S/C28H36N2O8.C22H28N2O4.C20H24N2O4.C15H25NO7.C13H12BrNO.4H2S/c1-5-34-25(31)28(26(32)35-6-2,27(33)36-7-3)15-24-18-30(12-13-37-24)22-14-23(17-29-16-22)38-19-21-10-8-20(4)9-11-21;1-3-26-22(25)9-8-20-15-24(10-11-27-20)19-12-21(14-23-13-19)28-16-18-6-4-17(2)5-7-18;1-15-2-4-16(5-3-15)14-26-19-10-17(11-21-12-19)22-8-9-25-18(13-22)6-7-20(23)24;1-4-20-12(17)15(13(18)21-5-2,14(19)22-6-3)9-11-10-16-7-8-23-11;1-10-2-4-11(5-3-10)9-16-13-6-12(14)7-15-8-13;;;;/h8-11,14,16-17,24H,5-7,12-13,15,18-19H2,1-4H3;4-7,12-14,20H,3,8-11,15-16H2,1-2H3;2-5,10-12,18H,6-9,13-14H2,1H3,(H,23,24);11,16H,4-10H2,1-3H3;2-8H,9H2,1H3;4*1H2/t24-;20-;18-;11-;;;;;/m0000...../s1. The van der Waals surface area contributed by atoms with Crippen molar-refractivity contribution in [2.24, 2.45) is 10.8 Å². The minimum atomic E-state index is -2.28. The molecule has 0 spiro atoms. The number of aryl methyl sites for hydroxylation is 4. The summed E-state index contributed by atoms with van der Waals surface area (Å²) in [5, 5.41) is 11.9. The van der Waals surface area contributed by atoms with Crippen LogP contribution in [0.3, 0.4) is 0 Å². The second-order valence-corrected chi connectivity index (χ2v) is 31.8. The minimum absolute atomic E-state index is 0. The van der Waals surface area contributed by atoms with Gasteiger partial charge in [-0.2, -0.15) is 54.0 Å². The molecule has 0 unspecified atom stereocenters. The Morgan fingerprint density at radius 1 is 0.378 bits per heavy atom. The van der Waals surface area contributed by atoms with E-state index in [1.807, 2.05) is 73.5 Å². The maximum absolute atomic E-state index is 13.1. The molecular weight excluding hydrogens is 1880 g/mol. The zero-order valence-electron chi connectivity index (χ0n) is 78.8. The second kappa shape index (κ2) is 63.0. The number of halogens is 1. The largest absolute Gasteiger partial charge is 0.487 e. The highest BCUT2D eigenvalue weighted by Gasteiger charge is 2.60. The van der Waals surface area contributed by atoms with E-state index < -0.39 is 64.8 Å². The Balaban J connectivity index is 0.000000358. The summed E-state index contributed by atoms with van der Waals surface area (Å²) in [5.74, 6) is -4.05. The van der Waals surface area contributed by atoms with E-state index in [9.17, 15) is 38.4 Å². The van der Waals surface area contributed by atoms with Gasteiger partial charge in [-0.3, -0.25) is 58.3 Å². The Morgan fingerprint density at radius 2 is 0.659 bits per heavy atom. The van der Waals surface area contributed by atoms with Gasteiger partial charge in [-0.15, -0.1) is 0 Å². The van der Waals surface area contributed by atoms with Gasteiger partial charge in [0.15, 0.2) is 0 Å². The molecule has 740 valence electrons. The van der Waals surface area contributed by atoms with E-state index in [1.54, 1.807) is 84.9 Å². The summed E-state index contributed by atoms with van der Waals surface area (Å²) in [7, 11) is 0. The number of esters is 7. The lowest BCUT2D eigenvalue weighted by molar-refractivity contribution is -0.189. The van der Waals surface area contributed by atoms with Crippen LogP contribution < -0.4 is 39.0 Å². The molecular formula is C98H133BrN8O24S4. The van der Waals surface area contributed by atoms with Crippen molar-refractivity contribution in [1.82, 2.24) is 25.3 Å². The van der Waals surface area contributed by atoms with Crippen LogP contribution in [0.25, 0.3) is 0 Å². The number of morpholine rings is 4. The number of rotatable bonds is 38. The lowest BCUT2D eigenvalue weighted by atomic mass is 9.81. The number of aromatic nitrogens is 4. The van der Waals surface area contributed by atoms with E-state index in [4.69, 9.17) is 76.2 Å². The number of nitrogens with one attached hydrogen (secondary N) is 1. The van der Waals surface area contributed by atoms with E-state index in [2.05, 4.69) is 145 Å². The average Bonchev–Trinajstić information content (AvgIpc) is 0.772. The molecule has 4 aromatic heterocycles. The number of nitrogens with zero attached hydrogens (tertiary/aromatic N) is 7. The molecule has 0 aliphatic carbocycles. The number of carbonyl (C=O) groups excluding carboxylic acids is 7. The quantitative estimate of drug-likeness (QED) is 0.0206. The summed E-state index contributed by atoms with van der Waals surface area (Å²) < 4.78 is 82.5. The lowest BCUT2D eigenvalue weighted by Crippen LogP contribution is -2.54. The van der Waals surface area contributed by atoms with Crippen LogP contribution in [0.1, 0.15) is 131 Å². The zero-order valence-corrected chi connectivity index (χ0v) is 84.4. The SMILES string of the molecule is CCOC(=O)C(C[C@H]1CN(c2cncc(OCc3ccc(C)cc3)c2)CCO1)(C(=O)OCC)C(=O)OCC.CCOC(=O)C(C[C@H]1CNCCO1)(C(=O)OCC)C(=O)OCC.CCOC(=O)CC[C@H]1CN(c2cncc(OCc3ccc(C)cc3)c2)CCO1.Cc1ccc(COc2cncc(Br)c2)cc1.Cc1ccc(COc2cncc(N3CCO[C@@H](CCC(=O)O)C3)c2)cc1.S.S.S.S. The van der Waals surface area contributed by atoms with Gasteiger partial charge in [-0.1, -0.05) is 119 Å². The maximum atomic E-state index is 13.1. The molecule has 4 atom stereocenters. The van der Waals surface area contributed by atoms with E-state index in [0.29, 0.717) is 117 Å². The Morgan fingerprint density at radius 3 is 0.956 bits per heavy atom. The van der Waals surface area contributed by atoms with Crippen molar-refractivity contribution < 1.29 is 115 Å². The first-order chi connectivity index (χ1) is 63.3. The highest BCUT2D eigenvalue weighted by Crippen LogP contribution is 2.36. The number of carboxylic acid groups (broad SMARTS) is 1. The first kappa shape index (κ1) is 117. The van der Waals surface area contributed by atoms with Crippen molar-refractivity contribution in [2.45, 2.75) is 166 Å². The summed E-state index contributed by atoms with van der Waals surface area (Å²) in [4.78, 5) is 122. The number of benzene rings is 4. The fourth-order valence-electron chi connectivity index (χ4n) is 13.9. The van der Waals surface area contributed by atoms with E-state index in [1.165, 1.54) is 22.3 Å². The highest BCUT2D eigenvalue weighted by molar-refractivity contribution is 9.10. The molecule has 135 heavy (non-hydrogen) atoms. The fraction of sp³-hybridized carbons (Fsp3) is 0.469. The van der Waals surface area contributed by atoms with Crippen molar-refractivity contribution in [3.8, 4) is 23.0 Å². The lowest BCUT2D eigenvalue weighted by Gasteiger charge is -2.37. The molecule has 4 saturated heterocycles. The number of anilines is 3. The normalized spacial score (nSPS) is 15.4. The molecule has 4 aliphatic heterocycles. The molecule has 4 fully saturated rings. The molecule has 0 amide bonds. The van der Waals surface area contributed by atoms with Crippen LogP contribution in [0.5, 0.6) is 23.0 Å². The number of ether oxygens (including phenoxy) is 15. The van der Waals surface area contributed by atoms with Crippen LogP contribution in [0.2, 0.25) is 0 Å². The predicted octanol–water partition coefficient (Wildman–Crippen LogP) is 14.0. The van der Waals surface area contributed by atoms with Crippen LogP contribution >= 0.6 is 69.9 Å². The summed E-state index contributed by atoms with van der Waals surface area (Å²) in [6.07, 6.45) is 13.9. The average molecular weight is 2020 g/mol. The summed E-state index contributed by atoms with van der Waals surface area (Å²) in [5.41, 5.74) is 7.64. The smallest absolute Gasteiger partial charge is 0.335 e. The predicted molar refractivity (Wildman–Crippen MR) is 533 cm³/mol. The number of carboxylic acids is 1. The molecule has 4 aromatic carbocycles. The molecule has 8 aromatic rings. The van der Waals surface area contributed by atoms with Gasteiger partial charge >= 0.3 is 47.8 Å². The second-order valence-electron chi connectivity index (χ2n) is 30.9. The van der Waals surface area contributed by atoms with Gasteiger partial charge in [-0.25, -0.2) is 0 Å². The number of carbonyl (C=O) groups is 8. The fourth-order valence-corrected chi connectivity index (χ4v) is 14.3. The van der Waals surface area contributed by atoms with E-state index in [0.717, 1.165) is 80.7 Å². The molecule has 12 rings (SSSR count). The Bertz CT molecular complexity index is 4770. The van der Waals surface area contributed by atoms with Gasteiger partial charge in [0, 0.05) is 107 Å². The third-order valence-corrected chi connectivity index (χ3v) is 21.3. The molecule has 2 N–H and O–H groups in total. The highest BCUT2D eigenvalue weighted by atomic mass is 79.9. The van der Waals surface area contributed by atoms with Crippen LogP contribution in [-0.4, -0.2) is 222 Å². The van der Waals surface area contributed by atoms with Crippen molar-refractivity contribution in [2.75, 3.05) is 140 Å². The van der Waals surface area contributed by atoms with Crippen LogP contribution in [0, 0.1) is 38.5 Å². The van der Waals surface area contributed by atoms with Crippen LogP contribution in [0.15, 0.2) is 175 Å². The van der Waals surface area contributed by atoms with Gasteiger partial charge in [0.1, 0.15) is 49.4 Å². The Labute approximate surface area is 828 Å².